The van der Waals surface area contributed by atoms with Crippen molar-refractivity contribution in [3.8, 4) is 0 Å². The number of carbonyl (C=O) groups is 1. The standard InChI is InChI=1S/C3H7O2P.CH4/c4-3(5)1-2-6;/h1-2,6H2,(H,4,5);1H4. The van der Waals surface area contributed by atoms with E-state index in [1.165, 1.54) is 0 Å². The molecule has 44 valence electrons. The molecule has 0 aliphatic heterocycles. The normalized spacial score (nSPS) is 7.00. The number of carboxylic acid groups (broad SMARTS) is 1. The molecular formula is C4H11O2P. The maximum atomic E-state index is 9.59. The summed E-state index contributed by atoms with van der Waals surface area (Å²) in [5.41, 5.74) is 0. The molecule has 0 radical (unpaired) electrons. The van der Waals surface area contributed by atoms with Crippen molar-refractivity contribution >= 4 is 15.2 Å². The molecule has 0 rings (SSSR count). The van der Waals surface area contributed by atoms with Crippen LogP contribution in [-0.4, -0.2) is 17.2 Å². The van der Waals surface area contributed by atoms with Gasteiger partial charge in [-0.25, -0.2) is 0 Å². The lowest BCUT2D eigenvalue weighted by Crippen LogP contribution is -1.92. The van der Waals surface area contributed by atoms with Crippen molar-refractivity contribution < 1.29 is 9.90 Å². The zero-order valence-corrected chi connectivity index (χ0v) is 4.50. The molecule has 0 bridgehead atoms. The number of hydrogen-bond acceptors (Lipinski definition) is 1. The second-order valence-electron chi connectivity index (χ2n) is 0.932. The zero-order valence-electron chi connectivity index (χ0n) is 3.35. The second-order valence-corrected chi connectivity index (χ2v) is 1.51. The van der Waals surface area contributed by atoms with Crippen LogP contribution in [0.3, 0.4) is 0 Å². The molecule has 3 heteroatoms. The van der Waals surface area contributed by atoms with Crippen molar-refractivity contribution in [2.24, 2.45) is 0 Å². The lowest BCUT2D eigenvalue weighted by molar-refractivity contribution is -0.136. The molecule has 0 saturated carbocycles. The minimum Gasteiger partial charge on any atom is -0.481 e. The van der Waals surface area contributed by atoms with Gasteiger partial charge in [-0.15, -0.1) is 9.24 Å². The Balaban J connectivity index is 0. The van der Waals surface area contributed by atoms with Crippen LogP contribution in [0.25, 0.3) is 0 Å². The van der Waals surface area contributed by atoms with E-state index in [1.807, 2.05) is 0 Å². The fourth-order valence-electron chi connectivity index (χ4n) is 0.123. The van der Waals surface area contributed by atoms with Gasteiger partial charge >= 0.3 is 5.97 Å². The van der Waals surface area contributed by atoms with Crippen molar-refractivity contribution in [2.75, 3.05) is 6.16 Å². The molecule has 0 saturated heterocycles. The summed E-state index contributed by atoms with van der Waals surface area (Å²) >= 11 is 0. The SMILES string of the molecule is C.O=C(O)CCP. The van der Waals surface area contributed by atoms with Gasteiger partial charge in [0.05, 0.1) is 0 Å². The van der Waals surface area contributed by atoms with Crippen LogP contribution >= 0.6 is 9.24 Å². The summed E-state index contributed by atoms with van der Waals surface area (Å²) < 4.78 is 0. The lowest BCUT2D eigenvalue weighted by atomic mass is 10.5. The molecular weight excluding hydrogens is 111 g/mol. The van der Waals surface area contributed by atoms with Crippen LogP contribution in [0.4, 0.5) is 0 Å². The van der Waals surface area contributed by atoms with Crippen LogP contribution in [0.2, 0.25) is 0 Å². The number of aliphatic carboxylic acids is 1. The number of rotatable bonds is 2. The van der Waals surface area contributed by atoms with E-state index < -0.39 is 5.97 Å². The highest BCUT2D eigenvalue weighted by Crippen LogP contribution is 1.84. The van der Waals surface area contributed by atoms with Crippen LogP contribution in [0.5, 0.6) is 0 Å². The van der Waals surface area contributed by atoms with Gasteiger partial charge < -0.3 is 5.11 Å². The average molecular weight is 122 g/mol. The summed E-state index contributed by atoms with van der Waals surface area (Å²) in [5, 5.41) is 7.90. The molecule has 0 spiro atoms. The topological polar surface area (TPSA) is 37.3 Å². The van der Waals surface area contributed by atoms with E-state index >= 15 is 0 Å². The third-order valence-electron chi connectivity index (χ3n) is 0.358. The average Bonchev–Trinajstić information content (AvgIpc) is 1.35. The molecule has 2 nitrogen and oxygen atoms in total. The lowest BCUT2D eigenvalue weighted by Gasteiger charge is -1.79. The molecule has 0 aromatic rings. The molecule has 1 unspecified atom stereocenters. The van der Waals surface area contributed by atoms with Crippen molar-refractivity contribution in [2.45, 2.75) is 13.8 Å². The van der Waals surface area contributed by atoms with E-state index in [-0.39, 0.29) is 13.8 Å². The van der Waals surface area contributed by atoms with Gasteiger partial charge in [0.2, 0.25) is 0 Å². The van der Waals surface area contributed by atoms with E-state index in [4.69, 9.17) is 5.11 Å². The summed E-state index contributed by atoms with van der Waals surface area (Å²) in [5.74, 6) is -0.731. The number of hydrogen-bond donors (Lipinski definition) is 1. The van der Waals surface area contributed by atoms with E-state index in [1.54, 1.807) is 0 Å². The van der Waals surface area contributed by atoms with Gasteiger partial charge in [0.1, 0.15) is 0 Å². The van der Waals surface area contributed by atoms with Crippen LogP contribution in [0.15, 0.2) is 0 Å². The van der Waals surface area contributed by atoms with E-state index in [9.17, 15) is 4.79 Å². The van der Waals surface area contributed by atoms with Crippen LogP contribution in [0.1, 0.15) is 13.8 Å². The van der Waals surface area contributed by atoms with Crippen LogP contribution < -0.4 is 0 Å². The number of carboxylic acids is 1. The van der Waals surface area contributed by atoms with Gasteiger partial charge in [-0.1, -0.05) is 7.43 Å². The maximum absolute atomic E-state index is 9.59. The predicted octanol–water partition coefficient (Wildman–Crippen LogP) is 0.972. The van der Waals surface area contributed by atoms with Crippen molar-refractivity contribution in [3.05, 3.63) is 0 Å². The summed E-state index contributed by atoms with van der Waals surface area (Å²) in [6, 6.07) is 0. The fourth-order valence-corrected chi connectivity index (χ4v) is 0.370. The first-order valence-corrected chi connectivity index (χ1v) is 2.51. The maximum Gasteiger partial charge on any atom is 0.303 e. The molecule has 0 aromatic heterocycles. The molecule has 0 fully saturated rings. The zero-order chi connectivity index (χ0) is 4.99. The van der Waals surface area contributed by atoms with Gasteiger partial charge in [-0.3, -0.25) is 4.79 Å². The quantitative estimate of drug-likeness (QED) is 0.554. The van der Waals surface area contributed by atoms with Crippen LogP contribution in [0, 0.1) is 0 Å². The fraction of sp³-hybridized carbons (Fsp3) is 0.750. The Morgan fingerprint density at radius 3 is 2.14 bits per heavy atom. The predicted molar refractivity (Wildman–Crippen MR) is 33.6 cm³/mol. The van der Waals surface area contributed by atoms with E-state index in [2.05, 4.69) is 9.24 Å². The highest BCUT2D eigenvalue weighted by Gasteiger charge is 1.87. The van der Waals surface area contributed by atoms with Gasteiger partial charge in [0.25, 0.3) is 0 Å². The first kappa shape index (κ1) is 10.0. The monoisotopic (exact) mass is 122 g/mol. The Morgan fingerprint density at radius 2 is 2.14 bits per heavy atom. The van der Waals surface area contributed by atoms with Gasteiger partial charge in [-0.05, 0) is 6.16 Å². The largest absolute Gasteiger partial charge is 0.481 e. The highest BCUT2D eigenvalue weighted by molar-refractivity contribution is 7.16. The molecule has 0 aliphatic rings. The van der Waals surface area contributed by atoms with Gasteiger partial charge in [0, 0.05) is 6.42 Å². The Bertz CT molecular complexity index is 53.7. The Kier molecular flexibility index (Phi) is 8.43. The first-order valence-electron chi connectivity index (χ1n) is 1.69. The smallest absolute Gasteiger partial charge is 0.303 e. The van der Waals surface area contributed by atoms with Gasteiger partial charge in [0.15, 0.2) is 0 Å². The summed E-state index contributed by atoms with van der Waals surface area (Å²) in [7, 11) is 2.34. The van der Waals surface area contributed by atoms with Crippen molar-refractivity contribution in [1.82, 2.24) is 0 Å². The van der Waals surface area contributed by atoms with Crippen molar-refractivity contribution in [1.29, 1.82) is 0 Å². The molecule has 0 aliphatic carbocycles. The molecule has 1 atom stereocenters. The summed E-state index contributed by atoms with van der Waals surface area (Å²) in [6.45, 7) is 0. The summed E-state index contributed by atoms with van der Waals surface area (Å²) in [6.07, 6.45) is 0.903. The third kappa shape index (κ3) is 10.7. The Morgan fingerprint density at radius 1 is 1.71 bits per heavy atom. The second kappa shape index (κ2) is 5.90. The molecule has 0 aromatic carbocycles. The minimum atomic E-state index is -0.731. The third-order valence-corrected chi connectivity index (χ3v) is 0.647. The summed E-state index contributed by atoms with van der Waals surface area (Å²) in [4.78, 5) is 9.59. The minimum absolute atomic E-state index is 0. The van der Waals surface area contributed by atoms with Crippen molar-refractivity contribution in [3.63, 3.8) is 0 Å². The highest BCUT2D eigenvalue weighted by atomic mass is 31.0. The first-order chi connectivity index (χ1) is 2.77. The van der Waals surface area contributed by atoms with Crippen LogP contribution in [-0.2, 0) is 4.79 Å². The Labute approximate surface area is 46.1 Å². The van der Waals surface area contributed by atoms with E-state index in [0.717, 1.165) is 0 Å². The molecule has 0 heterocycles. The molecule has 7 heavy (non-hydrogen) atoms. The Hall–Kier alpha value is -0.100. The molecule has 0 amide bonds. The molecule has 1 N–H and O–H groups in total. The van der Waals surface area contributed by atoms with Gasteiger partial charge in [-0.2, -0.15) is 0 Å². The van der Waals surface area contributed by atoms with E-state index in [0.29, 0.717) is 6.16 Å².